The molecule has 0 spiro atoms. The minimum Gasteiger partial charge on any atom is -0.376 e. The van der Waals surface area contributed by atoms with E-state index in [1.807, 2.05) is 17.0 Å². The largest absolute Gasteiger partial charge is 0.376 e. The van der Waals surface area contributed by atoms with Crippen molar-refractivity contribution in [2.45, 2.75) is 37.9 Å². The Morgan fingerprint density at radius 2 is 1.90 bits per heavy atom. The van der Waals surface area contributed by atoms with E-state index in [4.69, 9.17) is 21.1 Å². The molecule has 2 atom stereocenters. The number of halogens is 1. The van der Waals surface area contributed by atoms with Crippen LogP contribution in [0.25, 0.3) is 0 Å². The Hall–Kier alpha value is -2.03. The van der Waals surface area contributed by atoms with E-state index < -0.39 is 0 Å². The molecular formula is C21H29ClN4O4. The molecule has 0 aromatic heterocycles. The van der Waals surface area contributed by atoms with Crippen LogP contribution in [0.2, 0.25) is 5.02 Å². The molecule has 164 valence electrons. The first-order valence-electron chi connectivity index (χ1n) is 10.7. The van der Waals surface area contributed by atoms with Gasteiger partial charge in [-0.15, -0.1) is 0 Å². The molecular weight excluding hydrogens is 408 g/mol. The molecule has 9 heteroatoms. The first-order chi connectivity index (χ1) is 14.6. The number of amides is 3. The first kappa shape index (κ1) is 21.2. The van der Waals surface area contributed by atoms with E-state index in [1.54, 1.807) is 11.0 Å². The smallest absolute Gasteiger partial charge is 0.322 e. The van der Waals surface area contributed by atoms with Crippen molar-refractivity contribution in [1.29, 1.82) is 0 Å². The number of ether oxygens (including phenoxy) is 2. The van der Waals surface area contributed by atoms with Crippen molar-refractivity contribution >= 4 is 34.9 Å². The summed E-state index contributed by atoms with van der Waals surface area (Å²) in [6.45, 7) is 4.20. The van der Waals surface area contributed by atoms with Crippen molar-refractivity contribution in [3.05, 3.63) is 23.2 Å². The van der Waals surface area contributed by atoms with E-state index in [9.17, 15) is 9.59 Å². The van der Waals surface area contributed by atoms with Crippen molar-refractivity contribution < 1.29 is 19.1 Å². The average Bonchev–Trinajstić information content (AvgIpc) is 3.42. The second-order valence-electron chi connectivity index (χ2n) is 8.04. The molecule has 1 aromatic rings. The van der Waals surface area contributed by atoms with Crippen LogP contribution in [0.1, 0.15) is 25.7 Å². The molecule has 0 aliphatic carbocycles. The van der Waals surface area contributed by atoms with Gasteiger partial charge in [-0.25, -0.2) is 4.79 Å². The monoisotopic (exact) mass is 436 g/mol. The van der Waals surface area contributed by atoms with Gasteiger partial charge in [0.25, 0.3) is 0 Å². The maximum Gasteiger partial charge on any atom is 0.322 e. The number of nitrogens with zero attached hydrogens (tertiary/aromatic N) is 2. The summed E-state index contributed by atoms with van der Waals surface area (Å²) in [6.07, 6.45) is 4.16. The summed E-state index contributed by atoms with van der Waals surface area (Å²) in [5.41, 5.74) is 1.42. The Morgan fingerprint density at radius 3 is 2.47 bits per heavy atom. The average molecular weight is 437 g/mol. The molecule has 2 N–H and O–H groups in total. The van der Waals surface area contributed by atoms with Crippen molar-refractivity contribution in [1.82, 2.24) is 10.2 Å². The first-order valence-corrected chi connectivity index (χ1v) is 11.1. The van der Waals surface area contributed by atoms with Crippen LogP contribution in [0, 0.1) is 0 Å². The zero-order valence-electron chi connectivity index (χ0n) is 17.1. The SMILES string of the molecule is O=C1CN(c2ccc(NC(=O)N(CC3CCCO3)CC3CCCO3)cc2Cl)CCN1. The van der Waals surface area contributed by atoms with Crippen molar-refractivity contribution in [3.8, 4) is 0 Å². The van der Waals surface area contributed by atoms with Gasteiger partial charge in [-0.1, -0.05) is 11.6 Å². The lowest BCUT2D eigenvalue weighted by Crippen LogP contribution is -2.47. The number of anilines is 2. The van der Waals surface area contributed by atoms with Crippen LogP contribution in [-0.4, -0.2) is 75.0 Å². The second kappa shape index (κ2) is 9.85. The Labute approximate surface area is 181 Å². The maximum atomic E-state index is 13.0. The third-order valence-corrected chi connectivity index (χ3v) is 6.06. The zero-order chi connectivity index (χ0) is 20.9. The predicted octanol–water partition coefficient (Wildman–Crippen LogP) is 2.47. The fourth-order valence-corrected chi connectivity index (χ4v) is 4.50. The molecule has 3 heterocycles. The number of hydrogen-bond acceptors (Lipinski definition) is 5. The highest BCUT2D eigenvalue weighted by atomic mass is 35.5. The van der Waals surface area contributed by atoms with Gasteiger partial charge < -0.3 is 29.9 Å². The van der Waals surface area contributed by atoms with E-state index in [-0.39, 0.29) is 30.7 Å². The molecule has 3 saturated heterocycles. The van der Waals surface area contributed by atoms with E-state index in [0.29, 0.717) is 36.9 Å². The molecule has 4 rings (SSSR count). The quantitative estimate of drug-likeness (QED) is 0.715. The summed E-state index contributed by atoms with van der Waals surface area (Å²) in [5, 5.41) is 6.27. The number of nitrogens with one attached hydrogen (secondary N) is 2. The van der Waals surface area contributed by atoms with Gasteiger partial charge in [-0.3, -0.25) is 4.79 Å². The Balaban J connectivity index is 1.41. The number of carbonyl (C=O) groups excluding carboxylic acids is 2. The highest BCUT2D eigenvalue weighted by Gasteiger charge is 2.27. The summed E-state index contributed by atoms with van der Waals surface area (Å²) in [6, 6.07) is 5.22. The van der Waals surface area contributed by atoms with E-state index in [0.717, 1.165) is 44.6 Å². The summed E-state index contributed by atoms with van der Waals surface area (Å²) in [4.78, 5) is 28.4. The third kappa shape index (κ3) is 5.36. The fraction of sp³-hybridized carbons (Fsp3) is 0.619. The van der Waals surface area contributed by atoms with Crippen molar-refractivity contribution in [3.63, 3.8) is 0 Å². The van der Waals surface area contributed by atoms with Gasteiger partial charge >= 0.3 is 6.03 Å². The molecule has 0 radical (unpaired) electrons. The van der Waals surface area contributed by atoms with Crippen LogP contribution in [-0.2, 0) is 14.3 Å². The molecule has 3 fully saturated rings. The third-order valence-electron chi connectivity index (χ3n) is 5.76. The Kier molecular flexibility index (Phi) is 6.97. The summed E-state index contributed by atoms with van der Waals surface area (Å²) in [5.74, 6) is -0.0198. The van der Waals surface area contributed by atoms with Gasteiger partial charge in [0.1, 0.15) is 0 Å². The van der Waals surface area contributed by atoms with Crippen LogP contribution in [0.3, 0.4) is 0 Å². The number of benzene rings is 1. The second-order valence-corrected chi connectivity index (χ2v) is 8.45. The van der Waals surface area contributed by atoms with Gasteiger partial charge in [-0.2, -0.15) is 0 Å². The molecule has 2 unspecified atom stereocenters. The molecule has 3 aliphatic heterocycles. The van der Waals surface area contributed by atoms with Crippen molar-refractivity contribution in [2.75, 3.05) is 56.2 Å². The topological polar surface area (TPSA) is 83.1 Å². The molecule has 0 saturated carbocycles. The van der Waals surface area contributed by atoms with Gasteiger partial charge in [0, 0.05) is 45.1 Å². The van der Waals surface area contributed by atoms with Crippen LogP contribution < -0.4 is 15.5 Å². The minimum absolute atomic E-state index is 0.0198. The Bertz CT molecular complexity index is 747. The summed E-state index contributed by atoms with van der Waals surface area (Å²) >= 11 is 6.47. The molecule has 0 bridgehead atoms. The minimum atomic E-state index is -0.179. The van der Waals surface area contributed by atoms with Crippen LogP contribution in [0.15, 0.2) is 18.2 Å². The van der Waals surface area contributed by atoms with E-state index >= 15 is 0 Å². The maximum absolute atomic E-state index is 13.0. The number of hydrogen-bond donors (Lipinski definition) is 2. The van der Waals surface area contributed by atoms with Gasteiger partial charge in [0.2, 0.25) is 5.91 Å². The molecule has 8 nitrogen and oxygen atoms in total. The lowest BCUT2D eigenvalue weighted by atomic mass is 10.2. The highest BCUT2D eigenvalue weighted by Crippen LogP contribution is 2.29. The lowest BCUT2D eigenvalue weighted by Gasteiger charge is -2.30. The lowest BCUT2D eigenvalue weighted by molar-refractivity contribution is -0.120. The number of piperazine rings is 1. The van der Waals surface area contributed by atoms with Crippen LogP contribution in [0.4, 0.5) is 16.2 Å². The van der Waals surface area contributed by atoms with Gasteiger partial charge in [-0.05, 0) is 43.9 Å². The van der Waals surface area contributed by atoms with E-state index in [2.05, 4.69) is 10.6 Å². The zero-order valence-corrected chi connectivity index (χ0v) is 17.8. The fourth-order valence-electron chi connectivity index (χ4n) is 4.20. The molecule has 3 aliphatic rings. The van der Waals surface area contributed by atoms with Crippen LogP contribution >= 0.6 is 11.6 Å². The number of carbonyl (C=O) groups is 2. The normalized spacial score (nSPS) is 24.0. The number of rotatable bonds is 6. The highest BCUT2D eigenvalue weighted by molar-refractivity contribution is 6.33. The van der Waals surface area contributed by atoms with Crippen LogP contribution in [0.5, 0.6) is 0 Å². The molecule has 1 aromatic carbocycles. The number of urea groups is 1. The standard InChI is InChI=1S/C21H29ClN4O4/c22-18-11-15(5-6-19(18)25-8-7-23-20(27)14-25)24-21(28)26(12-16-3-1-9-29-16)13-17-4-2-10-30-17/h5-6,11,16-17H,1-4,7-10,12-14H2,(H,23,27)(H,24,28). The molecule has 30 heavy (non-hydrogen) atoms. The predicted molar refractivity (Wildman–Crippen MR) is 115 cm³/mol. The summed E-state index contributed by atoms with van der Waals surface area (Å²) in [7, 11) is 0. The van der Waals surface area contributed by atoms with Crippen molar-refractivity contribution in [2.24, 2.45) is 0 Å². The molecule has 3 amide bonds. The van der Waals surface area contributed by atoms with Gasteiger partial charge in [0.15, 0.2) is 0 Å². The van der Waals surface area contributed by atoms with E-state index in [1.165, 1.54) is 0 Å². The summed E-state index contributed by atoms with van der Waals surface area (Å²) < 4.78 is 11.5. The van der Waals surface area contributed by atoms with Gasteiger partial charge in [0.05, 0.1) is 29.5 Å². The Morgan fingerprint density at radius 1 is 1.20 bits per heavy atom.